The van der Waals surface area contributed by atoms with Crippen molar-refractivity contribution in [3.05, 3.63) is 0 Å². The molecule has 1 saturated carbocycles. The van der Waals surface area contributed by atoms with Gasteiger partial charge in [0.15, 0.2) is 0 Å². The van der Waals surface area contributed by atoms with Crippen molar-refractivity contribution in [2.24, 2.45) is 5.92 Å². The summed E-state index contributed by atoms with van der Waals surface area (Å²) in [5, 5.41) is 2.89. The monoisotopic (exact) mass is 212 g/mol. The zero-order valence-corrected chi connectivity index (χ0v) is 9.37. The third-order valence-corrected chi connectivity index (χ3v) is 3.06. The van der Waals surface area contributed by atoms with Crippen LogP contribution in [0.5, 0.6) is 0 Å². The van der Waals surface area contributed by atoms with Gasteiger partial charge >= 0.3 is 6.03 Å². The van der Waals surface area contributed by atoms with Crippen LogP contribution in [0.2, 0.25) is 0 Å². The Labute approximate surface area is 91.0 Å². The minimum Gasteiger partial charge on any atom is -0.381 e. The second-order valence-corrected chi connectivity index (χ2v) is 4.45. The van der Waals surface area contributed by atoms with Crippen molar-refractivity contribution < 1.29 is 9.53 Å². The fraction of sp³-hybridized carbons (Fsp3) is 0.909. The van der Waals surface area contributed by atoms with E-state index in [1.165, 1.54) is 12.8 Å². The summed E-state index contributed by atoms with van der Waals surface area (Å²) < 4.78 is 5.34. The average molecular weight is 212 g/mol. The molecule has 2 fully saturated rings. The third-order valence-electron chi connectivity index (χ3n) is 3.06. The lowest BCUT2D eigenvalue weighted by molar-refractivity contribution is 0.162. The predicted octanol–water partition coefficient (Wildman–Crippen LogP) is 1.22. The fourth-order valence-electron chi connectivity index (χ4n) is 2.04. The first-order valence-electron chi connectivity index (χ1n) is 5.93. The van der Waals surface area contributed by atoms with Crippen molar-refractivity contribution in [3.8, 4) is 0 Å². The molecule has 0 bridgehead atoms. The van der Waals surface area contributed by atoms with Gasteiger partial charge in [-0.05, 0) is 26.2 Å². The summed E-state index contributed by atoms with van der Waals surface area (Å²) in [5.74, 6) is 0.549. The number of nitrogens with zero attached hydrogens (tertiary/aromatic N) is 1. The molecule has 1 saturated heterocycles. The van der Waals surface area contributed by atoms with E-state index in [-0.39, 0.29) is 6.03 Å². The quantitative estimate of drug-likeness (QED) is 0.761. The average Bonchev–Trinajstić information content (AvgIpc) is 2.93. The Bertz CT molecular complexity index is 223. The first-order chi connectivity index (χ1) is 7.31. The Balaban J connectivity index is 1.84. The molecule has 1 aliphatic heterocycles. The second kappa shape index (κ2) is 4.84. The molecule has 1 heterocycles. The highest BCUT2D eigenvalue weighted by atomic mass is 16.5. The number of urea groups is 1. The zero-order chi connectivity index (χ0) is 10.7. The normalized spacial score (nSPS) is 25.3. The first-order valence-corrected chi connectivity index (χ1v) is 5.93. The number of rotatable bonds is 4. The molecular formula is C11H20N2O2. The molecule has 0 spiro atoms. The Morgan fingerprint density at radius 1 is 1.47 bits per heavy atom. The Hall–Kier alpha value is -0.770. The Morgan fingerprint density at radius 3 is 2.80 bits per heavy atom. The van der Waals surface area contributed by atoms with Crippen molar-refractivity contribution in [3.63, 3.8) is 0 Å². The van der Waals surface area contributed by atoms with Crippen LogP contribution in [0.3, 0.4) is 0 Å². The third kappa shape index (κ3) is 2.84. The maximum Gasteiger partial charge on any atom is 0.317 e. The number of carbonyl (C=O) groups excluding carboxylic acids is 1. The van der Waals surface area contributed by atoms with Crippen LogP contribution < -0.4 is 5.32 Å². The lowest BCUT2D eigenvalue weighted by Crippen LogP contribution is -2.43. The van der Waals surface area contributed by atoms with E-state index in [1.807, 2.05) is 11.8 Å². The highest BCUT2D eigenvalue weighted by molar-refractivity contribution is 5.74. The van der Waals surface area contributed by atoms with E-state index in [0.717, 1.165) is 26.2 Å². The smallest absolute Gasteiger partial charge is 0.317 e. The lowest BCUT2D eigenvalue weighted by atomic mass is 10.1. The van der Waals surface area contributed by atoms with Crippen LogP contribution in [-0.2, 0) is 4.74 Å². The minimum atomic E-state index is 0.104. The van der Waals surface area contributed by atoms with E-state index in [0.29, 0.717) is 18.5 Å². The molecule has 4 heteroatoms. The number of carbonyl (C=O) groups is 1. The highest BCUT2D eigenvalue weighted by Gasteiger charge is 2.34. The number of hydrogen-bond acceptors (Lipinski definition) is 2. The van der Waals surface area contributed by atoms with Crippen molar-refractivity contribution in [1.29, 1.82) is 0 Å². The molecule has 4 nitrogen and oxygen atoms in total. The topological polar surface area (TPSA) is 41.6 Å². The molecule has 1 aliphatic carbocycles. The molecule has 2 amide bonds. The van der Waals surface area contributed by atoms with E-state index in [4.69, 9.17) is 4.74 Å². The molecule has 2 aliphatic rings. The van der Waals surface area contributed by atoms with Gasteiger partial charge in [-0.3, -0.25) is 0 Å². The summed E-state index contributed by atoms with van der Waals surface area (Å²) >= 11 is 0. The van der Waals surface area contributed by atoms with Crippen molar-refractivity contribution in [2.45, 2.75) is 32.2 Å². The highest BCUT2D eigenvalue weighted by Crippen LogP contribution is 2.28. The van der Waals surface area contributed by atoms with Crippen LogP contribution in [0.15, 0.2) is 0 Å². The van der Waals surface area contributed by atoms with Crippen LogP contribution >= 0.6 is 0 Å². The molecule has 86 valence electrons. The summed E-state index contributed by atoms with van der Waals surface area (Å²) in [6, 6.07) is 0.601. The number of ether oxygens (including phenoxy) is 1. The van der Waals surface area contributed by atoms with Crippen LogP contribution in [0, 0.1) is 5.92 Å². The molecule has 1 atom stereocenters. The number of nitrogens with one attached hydrogen (secondary N) is 1. The minimum absolute atomic E-state index is 0.104. The molecule has 2 rings (SSSR count). The maximum atomic E-state index is 11.8. The van der Waals surface area contributed by atoms with Gasteiger partial charge in [0, 0.05) is 31.7 Å². The molecule has 0 aromatic carbocycles. The number of hydrogen-bond donors (Lipinski definition) is 1. The van der Waals surface area contributed by atoms with Crippen molar-refractivity contribution >= 4 is 6.03 Å². The van der Waals surface area contributed by atoms with Gasteiger partial charge in [0.1, 0.15) is 0 Å². The molecule has 15 heavy (non-hydrogen) atoms. The summed E-state index contributed by atoms with van der Waals surface area (Å²) in [7, 11) is 0. The van der Waals surface area contributed by atoms with E-state index < -0.39 is 0 Å². The van der Waals surface area contributed by atoms with E-state index >= 15 is 0 Å². The van der Waals surface area contributed by atoms with E-state index in [1.54, 1.807) is 0 Å². The maximum absolute atomic E-state index is 11.8. The van der Waals surface area contributed by atoms with Crippen LogP contribution in [0.1, 0.15) is 26.2 Å². The molecule has 1 N–H and O–H groups in total. The van der Waals surface area contributed by atoms with Crippen LogP contribution in [0.4, 0.5) is 4.79 Å². The van der Waals surface area contributed by atoms with Gasteiger partial charge in [0.2, 0.25) is 0 Å². The molecule has 1 unspecified atom stereocenters. The van der Waals surface area contributed by atoms with Crippen LogP contribution in [0.25, 0.3) is 0 Å². The standard InChI is InChI=1S/C11H20N2O2/c1-2-12-11(14)13(10-3-4-10)7-9-5-6-15-8-9/h9-10H,2-8H2,1H3,(H,12,14). The van der Waals surface area contributed by atoms with Gasteiger partial charge in [0.25, 0.3) is 0 Å². The summed E-state index contributed by atoms with van der Waals surface area (Å²) in [5.41, 5.74) is 0. The van der Waals surface area contributed by atoms with Crippen molar-refractivity contribution in [1.82, 2.24) is 10.2 Å². The molecule has 0 radical (unpaired) electrons. The largest absolute Gasteiger partial charge is 0.381 e. The van der Waals surface area contributed by atoms with Gasteiger partial charge in [-0.25, -0.2) is 4.79 Å². The number of amides is 2. The zero-order valence-electron chi connectivity index (χ0n) is 9.37. The van der Waals surface area contributed by atoms with Crippen LogP contribution in [-0.4, -0.2) is 43.3 Å². The fourth-order valence-corrected chi connectivity index (χ4v) is 2.04. The predicted molar refractivity (Wildman–Crippen MR) is 57.7 cm³/mol. The van der Waals surface area contributed by atoms with E-state index in [2.05, 4.69) is 5.32 Å². The van der Waals surface area contributed by atoms with Gasteiger partial charge in [0.05, 0.1) is 6.61 Å². The second-order valence-electron chi connectivity index (χ2n) is 4.45. The molecule has 0 aromatic rings. The summed E-state index contributed by atoms with van der Waals surface area (Å²) in [6.45, 7) is 5.22. The van der Waals surface area contributed by atoms with E-state index in [9.17, 15) is 4.79 Å². The lowest BCUT2D eigenvalue weighted by Gasteiger charge is -2.25. The van der Waals surface area contributed by atoms with Gasteiger partial charge < -0.3 is 15.0 Å². The molecule has 0 aromatic heterocycles. The first kappa shape index (κ1) is 10.7. The molecular weight excluding hydrogens is 192 g/mol. The van der Waals surface area contributed by atoms with Crippen molar-refractivity contribution in [2.75, 3.05) is 26.3 Å². The summed E-state index contributed by atoms with van der Waals surface area (Å²) in [6.07, 6.45) is 3.44. The van der Waals surface area contributed by atoms with Gasteiger partial charge in [-0.1, -0.05) is 0 Å². The Kier molecular flexibility index (Phi) is 3.46. The van der Waals surface area contributed by atoms with Gasteiger partial charge in [-0.2, -0.15) is 0 Å². The Morgan fingerprint density at radius 2 is 2.27 bits per heavy atom. The van der Waals surface area contributed by atoms with Gasteiger partial charge in [-0.15, -0.1) is 0 Å². The SMILES string of the molecule is CCNC(=O)N(CC1CCOC1)C1CC1. The summed E-state index contributed by atoms with van der Waals surface area (Å²) in [4.78, 5) is 13.8.